The lowest BCUT2D eigenvalue weighted by molar-refractivity contribution is 0.592. The molecule has 23 heavy (non-hydrogen) atoms. The number of aromatic nitrogens is 2. The van der Waals surface area contributed by atoms with Gasteiger partial charge >= 0.3 is 0 Å². The molecule has 7 heteroatoms. The van der Waals surface area contributed by atoms with Gasteiger partial charge in [-0.2, -0.15) is 0 Å². The highest BCUT2D eigenvalue weighted by Gasteiger charge is 2.22. The molecule has 0 unspecified atom stereocenters. The molecule has 0 radical (unpaired) electrons. The van der Waals surface area contributed by atoms with E-state index in [4.69, 9.17) is 0 Å². The number of halogens is 1. The van der Waals surface area contributed by atoms with E-state index in [0.29, 0.717) is 11.3 Å². The van der Waals surface area contributed by atoms with Crippen molar-refractivity contribution in [2.24, 2.45) is 0 Å². The summed E-state index contributed by atoms with van der Waals surface area (Å²) < 4.78 is 40.0. The number of aryl methyl sites for hydroxylation is 2. The Hall–Kier alpha value is -2.41. The van der Waals surface area contributed by atoms with Gasteiger partial charge in [0, 0.05) is 7.05 Å². The number of benzene rings is 2. The average molecular weight is 333 g/mol. The zero-order valence-electron chi connectivity index (χ0n) is 13.0. The summed E-state index contributed by atoms with van der Waals surface area (Å²) >= 11 is 0. The first-order chi connectivity index (χ1) is 10.8. The highest BCUT2D eigenvalue weighted by atomic mass is 32.2. The monoisotopic (exact) mass is 333 g/mol. The maximum atomic E-state index is 13.4. The van der Waals surface area contributed by atoms with Crippen molar-refractivity contribution in [2.45, 2.75) is 18.7 Å². The quantitative estimate of drug-likeness (QED) is 0.801. The van der Waals surface area contributed by atoms with Crippen molar-refractivity contribution in [3.8, 4) is 0 Å². The summed E-state index contributed by atoms with van der Waals surface area (Å²) in [6, 6.07) is 8.94. The molecule has 1 heterocycles. The minimum absolute atomic E-state index is 0.0554. The number of rotatable bonds is 3. The Morgan fingerprint density at radius 3 is 2.57 bits per heavy atom. The Morgan fingerprint density at radius 2 is 1.87 bits per heavy atom. The second-order valence-electron chi connectivity index (χ2n) is 5.41. The third kappa shape index (κ3) is 2.68. The summed E-state index contributed by atoms with van der Waals surface area (Å²) in [6.45, 7) is 3.37. The largest absolute Gasteiger partial charge is 0.342 e. The van der Waals surface area contributed by atoms with Crippen molar-refractivity contribution < 1.29 is 12.8 Å². The molecule has 3 aromatic rings. The zero-order valence-corrected chi connectivity index (χ0v) is 13.8. The molecule has 0 fully saturated rings. The Kier molecular flexibility index (Phi) is 3.60. The Labute approximate surface area is 133 Å². The number of fused-ring (bicyclic) bond motifs is 1. The van der Waals surface area contributed by atoms with Crippen LogP contribution in [0.15, 0.2) is 41.3 Å². The molecule has 0 saturated heterocycles. The fraction of sp³-hybridized carbons (Fsp3) is 0.188. The number of anilines is 1. The SMILES string of the molecule is Cc1nc2ccc(N(C)S(=O)(=O)c3ccc(F)c(C)c3)cc2[nH]1. The third-order valence-electron chi connectivity index (χ3n) is 3.74. The van der Waals surface area contributed by atoms with Gasteiger partial charge in [0.2, 0.25) is 0 Å². The third-order valence-corrected chi connectivity index (χ3v) is 5.52. The van der Waals surface area contributed by atoms with Gasteiger partial charge in [0.1, 0.15) is 11.6 Å². The van der Waals surface area contributed by atoms with Crippen LogP contribution in [0.1, 0.15) is 11.4 Å². The lowest BCUT2D eigenvalue weighted by Gasteiger charge is -2.19. The highest BCUT2D eigenvalue weighted by Crippen LogP contribution is 2.26. The van der Waals surface area contributed by atoms with Gasteiger partial charge in [-0.15, -0.1) is 0 Å². The maximum absolute atomic E-state index is 13.4. The van der Waals surface area contributed by atoms with Gasteiger partial charge in [-0.05, 0) is 55.8 Å². The van der Waals surface area contributed by atoms with Crippen LogP contribution in [0.4, 0.5) is 10.1 Å². The average Bonchev–Trinajstić information content (AvgIpc) is 2.88. The molecule has 2 aromatic carbocycles. The van der Waals surface area contributed by atoms with E-state index >= 15 is 0 Å². The summed E-state index contributed by atoms with van der Waals surface area (Å²) in [5.41, 5.74) is 2.33. The molecule has 0 atom stereocenters. The smallest absolute Gasteiger partial charge is 0.264 e. The Balaban J connectivity index is 2.05. The van der Waals surface area contributed by atoms with E-state index in [1.165, 1.54) is 30.4 Å². The fourth-order valence-corrected chi connectivity index (χ4v) is 3.67. The summed E-state index contributed by atoms with van der Waals surface area (Å²) in [5.74, 6) is 0.331. The van der Waals surface area contributed by atoms with Crippen LogP contribution in [0.5, 0.6) is 0 Å². The van der Waals surface area contributed by atoms with Crippen molar-refractivity contribution in [2.75, 3.05) is 11.4 Å². The predicted octanol–water partition coefficient (Wildman–Crippen LogP) is 3.14. The van der Waals surface area contributed by atoms with E-state index in [-0.39, 0.29) is 4.90 Å². The molecule has 5 nitrogen and oxygen atoms in total. The Bertz CT molecular complexity index is 996. The van der Waals surface area contributed by atoms with Gasteiger partial charge in [-0.3, -0.25) is 4.31 Å². The molecule has 0 aliphatic rings. The first kappa shape index (κ1) is 15.5. The maximum Gasteiger partial charge on any atom is 0.264 e. The lowest BCUT2D eigenvalue weighted by atomic mass is 10.2. The number of aromatic amines is 1. The number of nitrogens with one attached hydrogen (secondary N) is 1. The van der Waals surface area contributed by atoms with E-state index in [1.807, 2.05) is 6.92 Å². The molecule has 0 aliphatic carbocycles. The molecule has 0 aliphatic heterocycles. The van der Waals surface area contributed by atoms with Crippen LogP contribution in [-0.2, 0) is 10.0 Å². The Morgan fingerprint density at radius 1 is 1.13 bits per heavy atom. The van der Waals surface area contributed by atoms with E-state index in [0.717, 1.165) is 22.9 Å². The van der Waals surface area contributed by atoms with Gasteiger partial charge in [-0.1, -0.05) is 0 Å². The van der Waals surface area contributed by atoms with Crippen LogP contribution in [0.2, 0.25) is 0 Å². The van der Waals surface area contributed by atoms with Gasteiger partial charge in [-0.25, -0.2) is 17.8 Å². The van der Waals surface area contributed by atoms with Crippen molar-refractivity contribution >= 4 is 26.7 Å². The van der Waals surface area contributed by atoms with Gasteiger partial charge in [0.25, 0.3) is 10.0 Å². The number of sulfonamides is 1. The van der Waals surface area contributed by atoms with Gasteiger partial charge in [0.15, 0.2) is 0 Å². The van der Waals surface area contributed by atoms with Gasteiger partial charge < -0.3 is 4.98 Å². The van der Waals surface area contributed by atoms with Crippen molar-refractivity contribution in [1.82, 2.24) is 9.97 Å². The number of H-pyrrole nitrogens is 1. The van der Waals surface area contributed by atoms with Crippen LogP contribution < -0.4 is 4.31 Å². The molecule has 3 rings (SSSR count). The normalized spacial score (nSPS) is 11.8. The molecular weight excluding hydrogens is 317 g/mol. The zero-order chi connectivity index (χ0) is 16.8. The molecule has 1 aromatic heterocycles. The van der Waals surface area contributed by atoms with Crippen molar-refractivity contribution in [3.05, 3.63) is 53.6 Å². The topological polar surface area (TPSA) is 66.1 Å². The van der Waals surface area contributed by atoms with Crippen molar-refractivity contribution in [1.29, 1.82) is 0 Å². The van der Waals surface area contributed by atoms with E-state index < -0.39 is 15.8 Å². The van der Waals surface area contributed by atoms with Crippen LogP contribution in [0.25, 0.3) is 11.0 Å². The standard InChI is InChI=1S/C16H16FN3O2S/c1-10-8-13(5-6-14(10)17)23(21,22)20(3)12-4-7-15-16(9-12)19-11(2)18-15/h4-9H,1-3H3,(H,18,19). The highest BCUT2D eigenvalue weighted by molar-refractivity contribution is 7.92. The second kappa shape index (κ2) is 5.34. The molecular formula is C16H16FN3O2S. The summed E-state index contributed by atoms with van der Waals surface area (Å²) in [7, 11) is -2.29. The van der Waals surface area contributed by atoms with Crippen LogP contribution >= 0.6 is 0 Å². The number of hydrogen-bond donors (Lipinski definition) is 1. The molecule has 0 saturated carbocycles. The van der Waals surface area contributed by atoms with Crippen molar-refractivity contribution in [3.63, 3.8) is 0 Å². The molecule has 0 spiro atoms. The summed E-state index contributed by atoms with van der Waals surface area (Å²) in [4.78, 5) is 7.42. The minimum Gasteiger partial charge on any atom is -0.342 e. The molecule has 0 amide bonds. The van der Waals surface area contributed by atoms with Crippen LogP contribution in [0.3, 0.4) is 0 Å². The predicted molar refractivity (Wildman–Crippen MR) is 87.6 cm³/mol. The minimum atomic E-state index is -3.76. The van der Waals surface area contributed by atoms with E-state index in [1.54, 1.807) is 18.2 Å². The molecule has 1 N–H and O–H groups in total. The molecule has 0 bridgehead atoms. The van der Waals surface area contributed by atoms with Crippen LogP contribution in [0, 0.1) is 19.7 Å². The number of imidazole rings is 1. The first-order valence-corrected chi connectivity index (χ1v) is 8.44. The van der Waals surface area contributed by atoms with Gasteiger partial charge in [0.05, 0.1) is 21.6 Å². The lowest BCUT2D eigenvalue weighted by Crippen LogP contribution is -2.26. The number of hydrogen-bond acceptors (Lipinski definition) is 3. The summed E-state index contributed by atoms with van der Waals surface area (Å²) in [6.07, 6.45) is 0. The fourth-order valence-electron chi connectivity index (χ4n) is 2.40. The van der Waals surface area contributed by atoms with E-state index in [2.05, 4.69) is 9.97 Å². The second-order valence-corrected chi connectivity index (χ2v) is 7.38. The number of nitrogens with zero attached hydrogens (tertiary/aromatic N) is 2. The first-order valence-electron chi connectivity index (χ1n) is 7.00. The summed E-state index contributed by atoms with van der Waals surface area (Å²) in [5, 5.41) is 0. The van der Waals surface area contributed by atoms with E-state index in [9.17, 15) is 12.8 Å². The van der Waals surface area contributed by atoms with Crippen LogP contribution in [-0.4, -0.2) is 25.4 Å². The molecule has 120 valence electrons.